The Morgan fingerprint density at radius 2 is 2.17 bits per heavy atom. The number of carbonyl (C=O) groups excluding carboxylic acids is 1. The Morgan fingerprint density at radius 3 is 2.92 bits per heavy atom. The molecule has 1 saturated heterocycles. The minimum Gasteiger partial charge on any atom is -0.497 e. The number of amides is 1. The van der Waals surface area contributed by atoms with Crippen LogP contribution in [0.4, 0.5) is 8.78 Å². The Morgan fingerprint density at radius 1 is 1.29 bits per heavy atom. The molecule has 1 aromatic rings. The predicted molar refractivity (Wildman–Crippen MR) is 86.0 cm³/mol. The second kappa shape index (κ2) is 7.75. The largest absolute Gasteiger partial charge is 0.497 e. The number of piperidine rings is 1. The summed E-state index contributed by atoms with van der Waals surface area (Å²) in [5.41, 5.74) is 0.339. The topological polar surface area (TPSA) is 41.6 Å². The maximum absolute atomic E-state index is 13.8. The van der Waals surface area contributed by atoms with Crippen LogP contribution in [-0.2, 0) is 16.1 Å². The van der Waals surface area contributed by atoms with Crippen LogP contribution in [-0.4, -0.2) is 36.0 Å². The quantitative estimate of drug-likeness (QED) is 0.899. The highest BCUT2D eigenvalue weighted by Gasteiger charge is 2.29. The number of rotatable bonds is 5. The van der Waals surface area contributed by atoms with Crippen molar-refractivity contribution in [2.24, 2.45) is 0 Å². The lowest BCUT2D eigenvalue weighted by atomic mass is 10.0. The van der Waals surface area contributed by atoms with Gasteiger partial charge in [-0.1, -0.05) is 6.07 Å². The van der Waals surface area contributed by atoms with Gasteiger partial charge in [-0.25, -0.2) is 8.78 Å². The summed E-state index contributed by atoms with van der Waals surface area (Å²) >= 11 is 0. The van der Waals surface area contributed by atoms with E-state index in [1.807, 2.05) is 6.08 Å². The lowest BCUT2D eigenvalue weighted by Gasteiger charge is -2.33. The molecule has 1 N–H and O–H groups in total. The number of hydrogen-bond donors (Lipinski definition) is 1. The van der Waals surface area contributed by atoms with E-state index < -0.39 is 11.6 Å². The number of nitrogens with zero attached hydrogens (tertiary/aromatic N) is 1. The van der Waals surface area contributed by atoms with Crippen molar-refractivity contribution in [3.63, 3.8) is 0 Å². The minimum absolute atomic E-state index is 0.0312. The van der Waals surface area contributed by atoms with Gasteiger partial charge in [0.25, 0.3) is 0 Å². The first-order chi connectivity index (χ1) is 11.6. The molecule has 24 heavy (non-hydrogen) atoms. The summed E-state index contributed by atoms with van der Waals surface area (Å²) in [5, 5.41) is 3.28. The van der Waals surface area contributed by atoms with Gasteiger partial charge in [0.1, 0.15) is 17.7 Å². The van der Waals surface area contributed by atoms with Crippen LogP contribution < -0.4 is 5.32 Å². The molecule has 0 aliphatic carbocycles. The SMILES string of the molecule is O=C1[C@@H](NC[C@@H]2CCC=CO2)CCCN1Cc1ccc(F)cc1F. The van der Waals surface area contributed by atoms with Gasteiger partial charge in [-0.3, -0.25) is 4.79 Å². The van der Waals surface area contributed by atoms with E-state index in [9.17, 15) is 13.6 Å². The lowest BCUT2D eigenvalue weighted by molar-refractivity contribution is -0.136. The van der Waals surface area contributed by atoms with Crippen LogP contribution >= 0.6 is 0 Å². The van der Waals surface area contributed by atoms with E-state index >= 15 is 0 Å². The summed E-state index contributed by atoms with van der Waals surface area (Å²) in [6, 6.07) is 3.21. The van der Waals surface area contributed by atoms with Gasteiger partial charge in [-0.15, -0.1) is 0 Å². The van der Waals surface area contributed by atoms with Crippen molar-refractivity contribution < 1.29 is 18.3 Å². The monoisotopic (exact) mass is 336 g/mol. The number of halogens is 2. The van der Waals surface area contributed by atoms with E-state index in [1.165, 1.54) is 12.1 Å². The minimum atomic E-state index is -0.611. The zero-order valence-corrected chi connectivity index (χ0v) is 13.5. The molecule has 0 saturated carbocycles. The lowest BCUT2D eigenvalue weighted by Crippen LogP contribution is -2.51. The Kier molecular flexibility index (Phi) is 5.45. The van der Waals surface area contributed by atoms with Crippen molar-refractivity contribution in [3.05, 3.63) is 47.7 Å². The van der Waals surface area contributed by atoms with E-state index in [0.717, 1.165) is 31.7 Å². The number of benzene rings is 1. The molecule has 1 amide bonds. The maximum atomic E-state index is 13.8. The van der Waals surface area contributed by atoms with E-state index in [-0.39, 0.29) is 24.6 Å². The number of allylic oxidation sites excluding steroid dienone is 1. The fraction of sp³-hybridized carbons (Fsp3) is 0.500. The Bertz CT molecular complexity index is 621. The average molecular weight is 336 g/mol. The zero-order valence-electron chi connectivity index (χ0n) is 13.5. The first-order valence-corrected chi connectivity index (χ1v) is 8.40. The molecule has 2 aliphatic rings. The molecule has 0 spiro atoms. The van der Waals surface area contributed by atoms with Crippen molar-refractivity contribution in [1.82, 2.24) is 10.2 Å². The zero-order chi connectivity index (χ0) is 16.9. The molecule has 2 aliphatic heterocycles. The van der Waals surface area contributed by atoms with Gasteiger partial charge in [0.2, 0.25) is 5.91 Å². The molecule has 1 fully saturated rings. The second-order valence-electron chi connectivity index (χ2n) is 6.31. The molecule has 6 heteroatoms. The molecular formula is C18H22F2N2O2. The van der Waals surface area contributed by atoms with Crippen LogP contribution in [0.3, 0.4) is 0 Å². The van der Waals surface area contributed by atoms with Gasteiger partial charge < -0.3 is 15.0 Å². The van der Waals surface area contributed by atoms with E-state index in [4.69, 9.17) is 4.74 Å². The standard InChI is InChI=1S/C18H22F2N2O2/c19-14-7-6-13(16(20)10-14)12-22-8-3-5-17(18(22)23)21-11-15-4-1-2-9-24-15/h2,6-7,9-10,15,17,21H,1,3-5,8,11-12H2/t15-,17-/m0/s1. The van der Waals surface area contributed by atoms with Crippen molar-refractivity contribution >= 4 is 5.91 Å². The van der Waals surface area contributed by atoms with Crippen molar-refractivity contribution in [2.75, 3.05) is 13.1 Å². The third-order valence-electron chi connectivity index (χ3n) is 4.52. The van der Waals surface area contributed by atoms with Crippen LogP contribution in [0.5, 0.6) is 0 Å². The van der Waals surface area contributed by atoms with Crippen LogP contribution in [0.15, 0.2) is 30.5 Å². The molecule has 3 rings (SSSR count). The molecule has 2 heterocycles. The number of ether oxygens (including phenoxy) is 1. The number of carbonyl (C=O) groups is 1. The predicted octanol–water partition coefficient (Wildman–Crippen LogP) is 2.74. The summed E-state index contributed by atoms with van der Waals surface area (Å²) in [6.45, 7) is 1.39. The molecular weight excluding hydrogens is 314 g/mol. The number of hydrogen-bond acceptors (Lipinski definition) is 3. The summed E-state index contributed by atoms with van der Waals surface area (Å²) in [5.74, 6) is -1.25. The van der Waals surface area contributed by atoms with Crippen LogP contribution in [0.1, 0.15) is 31.2 Å². The van der Waals surface area contributed by atoms with Crippen molar-refractivity contribution in [3.8, 4) is 0 Å². The molecule has 2 atom stereocenters. The van der Waals surface area contributed by atoms with Gasteiger partial charge >= 0.3 is 0 Å². The highest BCUT2D eigenvalue weighted by atomic mass is 19.1. The summed E-state index contributed by atoms with van der Waals surface area (Å²) in [6.07, 6.45) is 7.34. The number of likely N-dealkylation sites (tertiary alicyclic amines) is 1. The first kappa shape index (κ1) is 16.9. The molecule has 0 aromatic heterocycles. The van der Waals surface area contributed by atoms with Gasteiger partial charge in [-0.2, -0.15) is 0 Å². The third-order valence-corrected chi connectivity index (χ3v) is 4.52. The highest BCUT2D eigenvalue weighted by Crippen LogP contribution is 2.18. The Hall–Kier alpha value is -1.95. The summed E-state index contributed by atoms with van der Waals surface area (Å²) in [7, 11) is 0. The van der Waals surface area contributed by atoms with Gasteiger partial charge in [0.05, 0.1) is 12.3 Å². The smallest absolute Gasteiger partial charge is 0.240 e. The van der Waals surface area contributed by atoms with Crippen LogP contribution in [0, 0.1) is 11.6 Å². The van der Waals surface area contributed by atoms with Gasteiger partial charge in [-0.05, 0) is 37.8 Å². The Labute approximate surface area is 140 Å². The average Bonchev–Trinajstić information content (AvgIpc) is 2.59. The van der Waals surface area contributed by atoms with E-state index in [0.29, 0.717) is 18.7 Å². The summed E-state index contributed by atoms with van der Waals surface area (Å²) in [4.78, 5) is 14.2. The van der Waals surface area contributed by atoms with E-state index in [2.05, 4.69) is 5.32 Å². The number of nitrogens with one attached hydrogen (secondary N) is 1. The van der Waals surface area contributed by atoms with Gasteiger partial charge in [0, 0.05) is 31.3 Å². The maximum Gasteiger partial charge on any atom is 0.240 e. The van der Waals surface area contributed by atoms with Crippen molar-refractivity contribution in [1.29, 1.82) is 0 Å². The van der Waals surface area contributed by atoms with Gasteiger partial charge in [0.15, 0.2) is 0 Å². The highest BCUT2D eigenvalue weighted by molar-refractivity contribution is 5.82. The molecule has 0 radical (unpaired) electrons. The fourth-order valence-corrected chi connectivity index (χ4v) is 3.15. The third kappa shape index (κ3) is 4.12. The molecule has 1 aromatic carbocycles. The Balaban J connectivity index is 1.56. The molecule has 0 bridgehead atoms. The summed E-state index contributed by atoms with van der Waals surface area (Å²) < 4.78 is 32.3. The second-order valence-corrected chi connectivity index (χ2v) is 6.31. The van der Waals surface area contributed by atoms with E-state index in [1.54, 1.807) is 11.2 Å². The molecule has 130 valence electrons. The normalized spacial score (nSPS) is 24.1. The fourth-order valence-electron chi connectivity index (χ4n) is 3.15. The molecule has 0 unspecified atom stereocenters. The molecule has 4 nitrogen and oxygen atoms in total. The van der Waals surface area contributed by atoms with Crippen LogP contribution in [0.25, 0.3) is 0 Å². The van der Waals surface area contributed by atoms with Crippen molar-refractivity contribution in [2.45, 2.75) is 44.4 Å². The van der Waals surface area contributed by atoms with Crippen LogP contribution in [0.2, 0.25) is 0 Å². The first-order valence-electron chi connectivity index (χ1n) is 8.40.